The number of nitrogens with zero attached hydrogens (tertiary/aromatic N) is 3. The summed E-state index contributed by atoms with van der Waals surface area (Å²) in [4.78, 5) is 4.02. The molecule has 18 heavy (non-hydrogen) atoms. The van der Waals surface area contributed by atoms with Gasteiger partial charge in [-0.25, -0.2) is 0 Å². The zero-order valence-corrected chi connectivity index (χ0v) is 9.15. The molecular weight excluding hydrogens is 247 g/mol. The highest BCUT2D eigenvalue weighted by Crippen LogP contribution is 2.28. The molecule has 8 heteroatoms. The van der Waals surface area contributed by atoms with Crippen LogP contribution in [0.3, 0.4) is 0 Å². The molecule has 0 radical (unpaired) electrons. The quantitative estimate of drug-likeness (QED) is 0.647. The van der Waals surface area contributed by atoms with Crippen LogP contribution in [-0.2, 0) is 12.7 Å². The highest BCUT2D eigenvalue weighted by molar-refractivity contribution is 5.41. The third-order valence-corrected chi connectivity index (χ3v) is 2.27. The van der Waals surface area contributed by atoms with Gasteiger partial charge in [0, 0.05) is 12.4 Å². The molecule has 0 saturated carbocycles. The van der Waals surface area contributed by atoms with E-state index in [0.717, 1.165) is 12.4 Å². The molecule has 0 aromatic carbocycles. The number of pyridine rings is 1. The highest BCUT2D eigenvalue weighted by atomic mass is 19.4. The summed E-state index contributed by atoms with van der Waals surface area (Å²) in [6.45, 7) is 0.144. The van der Waals surface area contributed by atoms with Crippen molar-refractivity contribution in [1.29, 1.82) is 0 Å². The normalized spacial score (nSPS) is 11.6. The zero-order valence-electron chi connectivity index (χ0n) is 9.15. The average Bonchev–Trinajstić information content (AvgIpc) is 2.77. The molecule has 0 amide bonds. The van der Waals surface area contributed by atoms with Crippen LogP contribution in [0.5, 0.6) is 0 Å². The zero-order chi connectivity index (χ0) is 13.2. The van der Waals surface area contributed by atoms with Gasteiger partial charge in [-0.1, -0.05) is 0 Å². The van der Waals surface area contributed by atoms with Crippen LogP contribution in [-0.4, -0.2) is 14.8 Å². The summed E-state index contributed by atoms with van der Waals surface area (Å²) in [5.41, 5.74) is 2.84. The number of hydrogen-bond donors (Lipinski definition) is 2. The lowest BCUT2D eigenvalue weighted by Gasteiger charge is -2.04. The number of anilines is 1. The lowest BCUT2D eigenvalue weighted by atomic mass is 10.3. The summed E-state index contributed by atoms with van der Waals surface area (Å²) in [5.74, 6) is 5.22. The predicted molar refractivity (Wildman–Crippen MR) is 58.4 cm³/mol. The molecule has 2 aromatic heterocycles. The highest BCUT2D eigenvalue weighted by Gasteiger charge is 2.32. The first-order valence-corrected chi connectivity index (χ1v) is 5.00. The van der Waals surface area contributed by atoms with Gasteiger partial charge in [0.25, 0.3) is 0 Å². The van der Waals surface area contributed by atoms with Gasteiger partial charge in [-0.05, 0) is 12.1 Å². The second-order valence-corrected chi connectivity index (χ2v) is 3.60. The van der Waals surface area contributed by atoms with Gasteiger partial charge < -0.3 is 5.43 Å². The SMILES string of the molecule is NNc1ccnc(Cn2cc(C(F)(F)F)cn2)c1. The number of nitrogen functional groups attached to an aromatic ring is 1. The first-order valence-electron chi connectivity index (χ1n) is 5.00. The van der Waals surface area contributed by atoms with E-state index in [1.807, 2.05) is 0 Å². The van der Waals surface area contributed by atoms with Gasteiger partial charge in [0.15, 0.2) is 0 Å². The number of hydrogen-bond acceptors (Lipinski definition) is 4. The molecule has 5 nitrogen and oxygen atoms in total. The van der Waals surface area contributed by atoms with Crippen LogP contribution < -0.4 is 11.3 Å². The second-order valence-electron chi connectivity index (χ2n) is 3.60. The van der Waals surface area contributed by atoms with Gasteiger partial charge in [0.2, 0.25) is 0 Å². The molecule has 3 N–H and O–H groups in total. The van der Waals surface area contributed by atoms with Crippen molar-refractivity contribution < 1.29 is 13.2 Å². The topological polar surface area (TPSA) is 68.8 Å². The van der Waals surface area contributed by atoms with E-state index in [-0.39, 0.29) is 6.54 Å². The standard InChI is InChI=1S/C10H10F3N5/c11-10(12,13)7-4-16-18(5-7)6-9-3-8(17-14)1-2-15-9/h1-5H,6,14H2,(H,15,17). The van der Waals surface area contributed by atoms with Gasteiger partial charge >= 0.3 is 6.18 Å². The van der Waals surface area contributed by atoms with Gasteiger partial charge in [0.1, 0.15) is 0 Å². The van der Waals surface area contributed by atoms with Crippen LogP contribution in [0, 0.1) is 0 Å². The van der Waals surface area contributed by atoms with E-state index >= 15 is 0 Å². The van der Waals surface area contributed by atoms with Gasteiger partial charge in [-0.3, -0.25) is 15.5 Å². The summed E-state index contributed by atoms with van der Waals surface area (Å²) in [6, 6.07) is 3.28. The Bertz CT molecular complexity index is 534. The van der Waals surface area contributed by atoms with Crippen LogP contribution in [0.15, 0.2) is 30.7 Å². The molecule has 0 aliphatic heterocycles. The summed E-state index contributed by atoms with van der Waals surface area (Å²) in [6.07, 6.45) is -1.15. The van der Waals surface area contributed by atoms with Crippen LogP contribution >= 0.6 is 0 Å². The Kier molecular flexibility index (Phi) is 3.19. The van der Waals surface area contributed by atoms with Crippen molar-refractivity contribution in [1.82, 2.24) is 14.8 Å². The maximum Gasteiger partial charge on any atom is 0.419 e. The number of alkyl halides is 3. The molecule has 0 aliphatic carbocycles. The van der Waals surface area contributed by atoms with Crippen LogP contribution in [0.25, 0.3) is 0 Å². The summed E-state index contributed by atoms with van der Waals surface area (Å²) >= 11 is 0. The minimum atomic E-state index is -4.38. The molecule has 0 bridgehead atoms. The minimum absolute atomic E-state index is 0.144. The Morgan fingerprint density at radius 3 is 2.78 bits per heavy atom. The van der Waals surface area contributed by atoms with E-state index in [2.05, 4.69) is 15.5 Å². The summed E-state index contributed by atoms with van der Waals surface area (Å²) in [7, 11) is 0. The Balaban J connectivity index is 2.16. The fourth-order valence-corrected chi connectivity index (χ4v) is 1.42. The molecule has 0 saturated heterocycles. The smallest absolute Gasteiger partial charge is 0.324 e. The molecule has 0 aliphatic rings. The van der Waals surface area contributed by atoms with Gasteiger partial charge in [-0.15, -0.1) is 0 Å². The van der Waals surface area contributed by atoms with Crippen LogP contribution in [0.1, 0.15) is 11.3 Å². The second kappa shape index (κ2) is 4.65. The van der Waals surface area contributed by atoms with E-state index in [0.29, 0.717) is 11.4 Å². The fraction of sp³-hybridized carbons (Fsp3) is 0.200. The Labute approximate surface area is 100 Å². The van der Waals surface area contributed by atoms with Crippen molar-refractivity contribution in [2.45, 2.75) is 12.7 Å². The Hall–Kier alpha value is -2.09. The van der Waals surface area contributed by atoms with E-state index in [1.54, 1.807) is 12.1 Å². The van der Waals surface area contributed by atoms with Crippen molar-refractivity contribution in [3.8, 4) is 0 Å². The first-order chi connectivity index (χ1) is 8.49. The van der Waals surface area contributed by atoms with E-state index < -0.39 is 11.7 Å². The van der Waals surface area contributed by atoms with Gasteiger partial charge in [-0.2, -0.15) is 18.3 Å². The lowest BCUT2D eigenvalue weighted by molar-refractivity contribution is -0.137. The largest absolute Gasteiger partial charge is 0.419 e. The number of aromatic nitrogens is 3. The Morgan fingerprint density at radius 2 is 2.17 bits per heavy atom. The number of halogens is 3. The molecular formula is C10H10F3N5. The predicted octanol–water partition coefficient (Wildman–Crippen LogP) is 1.63. The molecule has 2 heterocycles. The van der Waals surface area contributed by atoms with Crippen molar-refractivity contribution in [3.05, 3.63) is 42.0 Å². The third kappa shape index (κ3) is 2.77. The molecule has 2 aromatic rings. The molecule has 0 atom stereocenters. The third-order valence-electron chi connectivity index (χ3n) is 2.27. The maximum absolute atomic E-state index is 12.4. The van der Waals surface area contributed by atoms with Crippen molar-refractivity contribution in [2.75, 3.05) is 5.43 Å². The number of nitrogens with one attached hydrogen (secondary N) is 1. The van der Waals surface area contributed by atoms with Crippen molar-refractivity contribution in [2.24, 2.45) is 5.84 Å². The van der Waals surface area contributed by atoms with E-state index in [4.69, 9.17) is 5.84 Å². The maximum atomic E-state index is 12.4. The van der Waals surface area contributed by atoms with Crippen LogP contribution in [0.4, 0.5) is 18.9 Å². The minimum Gasteiger partial charge on any atom is -0.324 e. The van der Waals surface area contributed by atoms with E-state index in [1.165, 1.54) is 10.9 Å². The first kappa shape index (κ1) is 12.4. The van der Waals surface area contributed by atoms with Crippen molar-refractivity contribution in [3.63, 3.8) is 0 Å². The summed E-state index contributed by atoms with van der Waals surface area (Å²) in [5, 5.41) is 3.64. The molecule has 0 fully saturated rings. The Morgan fingerprint density at radius 1 is 1.39 bits per heavy atom. The molecule has 0 spiro atoms. The number of rotatable bonds is 3. The van der Waals surface area contributed by atoms with Gasteiger partial charge in [0.05, 0.1) is 29.7 Å². The van der Waals surface area contributed by atoms with E-state index in [9.17, 15) is 13.2 Å². The number of hydrazine groups is 1. The lowest BCUT2D eigenvalue weighted by Crippen LogP contribution is -2.08. The number of nitrogens with two attached hydrogens (primary N) is 1. The fourth-order valence-electron chi connectivity index (χ4n) is 1.42. The monoisotopic (exact) mass is 257 g/mol. The van der Waals surface area contributed by atoms with Crippen LogP contribution in [0.2, 0.25) is 0 Å². The average molecular weight is 257 g/mol. The molecule has 96 valence electrons. The van der Waals surface area contributed by atoms with Crippen molar-refractivity contribution >= 4 is 5.69 Å². The molecule has 0 unspecified atom stereocenters. The summed E-state index contributed by atoms with van der Waals surface area (Å²) < 4.78 is 38.3. The molecule has 2 rings (SSSR count).